The zero-order valence-corrected chi connectivity index (χ0v) is 14.3. The number of hydrogen-bond acceptors (Lipinski definition) is 7. The number of nitrogens with zero attached hydrogens (tertiary/aromatic N) is 4. The Labute approximate surface area is 142 Å². The second-order valence-electron chi connectivity index (χ2n) is 5.60. The van der Waals surface area contributed by atoms with Crippen LogP contribution >= 0.6 is 0 Å². The predicted octanol–water partition coefficient (Wildman–Crippen LogP) is -1.22. The van der Waals surface area contributed by atoms with Crippen LogP contribution in [0.3, 0.4) is 0 Å². The molecule has 3 N–H and O–H groups in total. The van der Waals surface area contributed by atoms with Crippen LogP contribution in [0.5, 0.6) is 0 Å². The number of oxime groups is 1. The Balaban J connectivity index is 2.01. The lowest BCUT2D eigenvalue weighted by Gasteiger charge is -2.34. The van der Waals surface area contributed by atoms with Crippen molar-refractivity contribution in [3.05, 3.63) is 0 Å². The van der Waals surface area contributed by atoms with Gasteiger partial charge in [-0.3, -0.25) is 14.6 Å². The highest BCUT2D eigenvalue weighted by Crippen LogP contribution is 2.02. The minimum absolute atomic E-state index is 0.139. The van der Waals surface area contributed by atoms with E-state index in [1.807, 2.05) is 0 Å². The lowest BCUT2D eigenvalue weighted by atomic mass is 10.2. The van der Waals surface area contributed by atoms with Crippen LogP contribution in [0, 0.1) is 0 Å². The van der Waals surface area contributed by atoms with Crippen LogP contribution in [0.4, 0.5) is 0 Å². The Morgan fingerprint density at radius 3 is 1.83 bits per heavy atom. The van der Waals surface area contributed by atoms with Gasteiger partial charge in [0.1, 0.15) is 6.21 Å². The van der Waals surface area contributed by atoms with Crippen molar-refractivity contribution in [3.8, 4) is 0 Å². The maximum absolute atomic E-state index is 11.2. The Hall–Kier alpha value is -2.00. The molecular weight excluding hydrogens is 312 g/mol. The monoisotopic (exact) mass is 340 g/mol. The maximum Gasteiger partial charge on any atom is 0.265 e. The van der Waals surface area contributed by atoms with Gasteiger partial charge in [-0.25, -0.2) is 0 Å². The molecule has 1 aliphatic heterocycles. The number of carbonyl (C=O) groups is 2. The summed E-state index contributed by atoms with van der Waals surface area (Å²) in [6.45, 7) is 7.24. The van der Waals surface area contributed by atoms with Crippen LogP contribution in [0.1, 0.15) is 12.8 Å². The van der Waals surface area contributed by atoms with Gasteiger partial charge >= 0.3 is 0 Å². The Kier molecular flexibility index (Phi) is 10.4. The number of nitrogens with one attached hydrogen (secondary N) is 2. The van der Waals surface area contributed by atoms with Gasteiger partial charge in [0, 0.05) is 46.3 Å². The normalized spacial score (nSPS) is 16.7. The van der Waals surface area contributed by atoms with Gasteiger partial charge in [0.05, 0.1) is 6.21 Å². The van der Waals surface area contributed by atoms with Crippen molar-refractivity contribution in [2.75, 3.05) is 59.4 Å². The van der Waals surface area contributed by atoms with Crippen LogP contribution in [-0.2, 0) is 9.59 Å². The van der Waals surface area contributed by atoms with Crippen molar-refractivity contribution in [2.24, 2.45) is 10.1 Å². The molecule has 0 aromatic carbocycles. The van der Waals surface area contributed by atoms with Gasteiger partial charge in [-0.05, 0) is 25.9 Å². The van der Waals surface area contributed by atoms with Crippen LogP contribution in [0.15, 0.2) is 10.1 Å². The molecule has 1 heterocycles. The summed E-state index contributed by atoms with van der Waals surface area (Å²) in [6, 6.07) is 0. The number of carbonyl (C=O) groups excluding carboxylic acids is 2. The van der Waals surface area contributed by atoms with Crippen molar-refractivity contribution < 1.29 is 14.8 Å². The summed E-state index contributed by atoms with van der Waals surface area (Å²) in [6.07, 6.45) is 3.95. The molecule has 0 radical (unpaired) electrons. The van der Waals surface area contributed by atoms with Gasteiger partial charge in [0.2, 0.25) is 0 Å². The fourth-order valence-corrected chi connectivity index (χ4v) is 2.53. The minimum atomic E-state index is -0.375. The molecule has 0 atom stereocenters. The first-order valence-corrected chi connectivity index (χ1v) is 8.25. The Bertz CT molecular complexity index is 393. The van der Waals surface area contributed by atoms with E-state index in [-0.39, 0.29) is 11.8 Å². The molecule has 0 saturated carbocycles. The number of aliphatic imine (C=N–C) groups is 1. The summed E-state index contributed by atoms with van der Waals surface area (Å²) in [5.41, 5.74) is 0. The molecule has 1 saturated heterocycles. The fraction of sp³-hybridized carbons (Fsp3) is 0.733. The summed E-state index contributed by atoms with van der Waals surface area (Å²) in [7, 11) is 1.58. The molecule has 1 aliphatic rings. The maximum atomic E-state index is 11.2. The van der Waals surface area contributed by atoms with Crippen molar-refractivity contribution in [1.82, 2.24) is 20.4 Å². The van der Waals surface area contributed by atoms with Crippen molar-refractivity contribution in [3.63, 3.8) is 0 Å². The van der Waals surface area contributed by atoms with Gasteiger partial charge in [-0.15, -0.1) is 0 Å². The second-order valence-corrected chi connectivity index (χ2v) is 5.60. The van der Waals surface area contributed by atoms with E-state index in [0.29, 0.717) is 13.1 Å². The third-order valence-electron chi connectivity index (χ3n) is 3.79. The van der Waals surface area contributed by atoms with Gasteiger partial charge in [0.25, 0.3) is 11.8 Å². The zero-order chi connectivity index (χ0) is 17.6. The SMILES string of the molecule is CN=CC(=O)NCCCN1CCN(CCCNC(=O)/C=N/O)CC1. The summed E-state index contributed by atoms with van der Waals surface area (Å²) in [5, 5.41) is 16.4. The van der Waals surface area contributed by atoms with Crippen LogP contribution in [0.25, 0.3) is 0 Å². The van der Waals surface area contributed by atoms with Crippen molar-refractivity contribution >= 4 is 24.2 Å². The number of piperazine rings is 1. The molecule has 0 unspecified atom stereocenters. The summed E-state index contributed by atoms with van der Waals surface area (Å²) >= 11 is 0. The van der Waals surface area contributed by atoms with Gasteiger partial charge in [-0.2, -0.15) is 0 Å². The molecular formula is C15H28N6O3. The number of rotatable bonds is 10. The predicted molar refractivity (Wildman–Crippen MR) is 92.8 cm³/mol. The first kappa shape index (κ1) is 20.0. The molecule has 0 bridgehead atoms. The molecule has 136 valence electrons. The average Bonchev–Trinajstić information content (AvgIpc) is 2.57. The average molecular weight is 340 g/mol. The van der Waals surface area contributed by atoms with Crippen LogP contribution < -0.4 is 10.6 Å². The molecule has 9 heteroatoms. The molecule has 0 spiro atoms. The summed E-state index contributed by atoms with van der Waals surface area (Å²) in [5.74, 6) is -0.515. The first-order chi connectivity index (χ1) is 11.7. The first-order valence-electron chi connectivity index (χ1n) is 8.25. The standard InChI is InChI=1S/C15H28N6O3/c1-16-12-14(22)17-4-2-6-20-8-10-21(11-9-20)7-3-5-18-15(23)13-19-24/h12-13,24H,2-11H2,1H3,(H,17,22)(H,18,23)/b16-12?,19-13+. The van der Waals surface area contributed by atoms with Gasteiger partial charge in [-0.1, -0.05) is 5.16 Å². The Morgan fingerprint density at radius 2 is 1.42 bits per heavy atom. The molecule has 1 rings (SSSR count). The van der Waals surface area contributed by atoms with E-state index in [4.69, 9.17) is 5.21 Å². The number of hydrogen-bond donors (Lipinski definition) is 3. The molecule has 1 fully saturated rings. The minimum Gasteiger partial charge on any atom is -0.411 e. The topological polar surface area (TPSA) is 110 Å². The third kappa shape index (κ3) is 9.21. The largest absolute Gasteiger partial charge is 0.411 e. The van der Waals surface area contributed by atoms with Crippen molar-refractivity contribution in [1.29, 1.82) is 0 Å². The fourth-order valence-electron chi connectivity index (χ4n) is 2.53. The number of amides is 2. The van der Waals surface area contributed by atoms with E-state index >= 15 is 0 Å². The highest BCUT2D eigenvalue weighted by Gasteiger charge is 2.15. The van der Waals surface area contributed by atoms with E-state index in [1.165, 1.54) is 6.21 Å². The smallest absolute Gasteiger partial charge is 0.265 e. The zero-order valence-electron chi connectivity index (χ0n) is 14.3. The summed E-state index contributed by atoms with van der Waals surface area (Å²) in [4.78, 5) is 30.7. The third-order valence-corrected chi connectivity index (χ3v) is 3.79. The molecule has 0 aliphatic carbocycles. The molecule has 2 amide bonds. The van der Waals surface area contributed by atoms with E-state index in [9.17, 15) is 9.59 Å². The molecule has 0 aromatic heterocycles. The van der Waals surface area contributed by atoms with Gasteiger partial charge in [0.15, 0.2) is 0 Å². The molecule has 24 heavy (non-hydrogen) atoms. The van der Waals surface area contributed by atoms with Crippen LogP contribution in [-0.4, -0.2) is 98.7 Å². The Morgan fingerprint density at radius 1 is 0.958 bits per heavy atom. The van der Waals surface area contributed by atoms with Crippen molar-refractivity contribution in [2.45, 2.75) is 12.8 Å². The van der Waals surface area contributed by atoms with E-state index in [0.717, 1.165) is 58.3 Å². The van der Waals surface area contributed by atoms with E-state index < -0.39 is 0 Å². The highest BCUT2D eigenvalue weighted by molar-refractivity contribution is 6.26. The van der Waals surface area contributed by atoms with E-state index in [1.54, 1.807) is 7.05 Å². The lowest BCUT2D eigenvalue weighted by Crippen LogP contribution is -2.47. The highest BCUT2D eigenvalue weighted by atomic mass is 16.4. The molecule has 9 nitrogen and oxygen atoms in total. The van der Waals surface area contributed by atoms with E-state index in [2.05, 4.69) is 30.6 Å². The van der Waals surface area contributed by atoms with Gasteiger partial charge < -0.3 is 25.6 Å². The van der Waals surface area contributed by atoms with Crippen LogP contribution in [0.2, 0.25) is 0 Å². The summed E-state index contributed by atoms with van der Waals surface area (Å²) < 4.78 is 0. The second kappa shape index (κ2) is 12.4. The molecule has 0 aromatic rings. The quantitative estimate of drug-likeness (QED) is 0.200. The lowest BCUT2D eigenvalue weighted by molar-refractivity contribution is -0.115.